The van der Waals surface area contributed by atoms with Gasteiger partial charge in [0.1, 0.15) is 0 Å². The van der Waals surface area contributed by atoms with Gasteiger partial charge in [-0.05, 0) is 37.6 Å². The number of carboxylic acids is 1. The highest BCUT2D eigenvalue weighted by Crippen LogP contribution is 2.15. The molecular weight excluding hydrogens is 194 g/mol. The van der Waals surface area contributed by atoms with Crippen LogP contribution in [-0.4, -0.2) is 28.8 Å². The third kappa shape index (κ3) is 2.95. The van der Waals surface area contributed by atoms with Gasteiger partial charge in [0.25, 0.3) is 0 Å². The number of hydrogen-bond acceptors (Lipinski definition) is 3. The zero-order valence-corrected chi connectivity index (χ0v) is 8.82. The van der Waals surface area contributed by atoms with Gasteiger partial charge in [-0.2, -0.15) is 0 Å². The monoisotopic (exact) mass is 209 g/mol. The van der Waals surface area contributed by atoms with Crippen LogP contribution >= 0.6 is 0 Å². The first-order valence-corrected chi connectivity index (χ1v) is 4.76. The van der Waals surface area contributed by atoms with E-state index in [0.717, 1.165) is 5.69 Å². The smallest absolute Gasteiger partial charge is 0.335 e. The fourth-order valence-electron chi connectivity index (χ4n) is 1.32. The largest absolute Gasteiger partial charge is 0.478 e. The Morgan fingerprint density at radius 1 is 1.53 bits per heavy atom. The molecule has 82 valence electrons. The maximum Gasteiger partial charge on any atom is 0.335 e. The first kappa shape index (κ1) is 11.5. The second kappa shape index (κ2) is 4.79. The Bertz CT molecular complexity index is 363. The molecule has 4 heteroatoms. The van der Waals surface area contributed by atoms with Crippen LogP contribution in [0.5, 0.6) is 0 Å². The van der Waals surface area contributed by atoms with Gasteiger partial charge in [0.15, 0.2) is 0 Å². The van der Waals surface area contributed by atoms with Gasteiger partial charge in [-0.25, -0.2) is 4.79 Å². The minimum Gasteiger partial charge on any atom is -0.478 e. The molecule has 0 aliphatic rings. The normalized spacial score (nSPS) is 12.2. The Kier molecular flexibility index (Phi) is 3.68. The number of aliphatic hydroxyl groups excluding tert-OH is 1. The van der Waals surface area contributed by atoms with E-state index in [4.69, 9.17) is 10.2 Å². The maximum atomic E-state index is 10.8. The quantitative estimate of drug-likeness (QED) is 0.702. The van der Waals surface area contributed by atoms with E-state index >= 15 is 0 Å². The summed E-state index contributed by atoms with van der Waals surface area (Å²) in [4.78, 5) is 10.8. The van der Waals surface area contributed by atoms with Crippen LogP contribution in [0, 0.1) is 6.92 Å². The van der Waals surface area contributed by atoms with Crippen LogP contribution in [0.2, 0.25) is 0 Å². The molecule has 1 unspecified atom stereocenters. The summed E-state index contributed by atoms with van der Waals surface area (Å²) >= 11 is 0. The molecule has 0 bridgehead atoms. The van der Waals surface area contributed by atoms with E-state index < -0.39 is 5.97 Å². The molecule has 0 aliphatic heterocycles. The summed E-state index contributed by atoms with van der Waals surface area (Å²) in [6.45, 7) is 3.64. The highest BCUT2D eigenvalue weighted by Gasteiger charge is 2.07. The molecule has 0 spiro atoms. The van der Waals surface area contributed by atoms with Crippen molar-refractivity contribution in [3.8, 4) is 0 Å². The van der Waals surface area contributed by atoms with Gasteiger partial charge in [0, 0.05) is 11.7 Å². The van der Waals surface area contributed by atoms with E-state index in [2.05, 4.69) is 5.32 Å². The summed E-state index contributed by atoms with van der Waals surface area (Å²) in [7, 11) is 0. The second-order valence-electron chi connectivity index (χ2n) is 3.56. The van der Waals surface area contributed by atoms with Crippen molar-refractivity contribution in [1.82, 2.24) is 0 Å². The molecule has 1 aromatic carbocycles. The minimum atomic E-state index is -0.922. The fraction of sp³-hybridized carbons (Fsp3) is 0.364. The summed E-state index contributed by atoms with van der Waals surface area (Å²) in [6.07, 6.45) is 0. The summed E-state index contributed by atoms with van der Waals surface area (Å²) in [6, 6.07) is 4.97. The van der Waals surface area contributed by atoms with Crippen LogP contribution in [0.1, 0.15) is 22.8 Å². The molecular formula is C11H15NO3. The van der Waals surface area contributed by atoms with Crippen LogP contribution in [-0.2, 0) is 0 Å². The van der Waals surface area contributed by atoms with Crippen molar-refractivity contribution < 1.29 is 15.0 Å². The second-order valence-corrected chi connectivity index (χ2v) is 3.56. The number of nitrogens with one attached hydrogen (secondary N) is 1. The van der Waals surface area contributed by atoms with Crippen molar-refractivity contribution in [2.24, 2.45) is 0 Å². The lowest BCUT2D eigenvalue weighted by Gasteiger charge is -2.13. The molecule has 0 radical (unpaired) electrons. The molecule has 0 heterocycles. The van der Waals surface area contributed by atoms with E-state index in [1.807, 2.05) is 6.92 Å². The number of carboxylic acid groups (broad SMARTS) is 1. The third-order valence-corrected chi connectivity index (χ3v) is 2.14. The third-order valence-electron chi connectivity index (χ3n) is 2.14. The van der Waals surface area contributed by atoms with Crippen molar-refractivity contribution in [2.75, 3.05) is 11.9 Å². The molecule has 0 fully saturated rings. The Morgan fingerprint density at radius 3 is 2.67 bits per heavy atom. The van der Waals surface area contributed by atoms with Crippen molar-refractivity contribution in [3.63, 3.8) is 0 Å². The van der Waals surface area contributed by atoms with Crippen LogP contribution < -0.4 is 5.32 Å². The number of hydrogen-bond donors (Lipinski definition) is 3. The SMILES string of the molecule is Cc1cc(NC(C)CO)ccc1C(=O)O. The first-order valence-electron chi connectivity index (χ1n) is 4.76. The summed E-state index contributed by atoms with van der Waals surface area (Å²) < 4.78 is 0. The molecule has 1 atom stereocenters. The van der Waals surface area contributed by atoms with Crippen LogP contribution in [0.15, 0.2) is 18.2 Å². The van der Waals surface area contributed by atoms with Crippen LogP contribution in [0.3, 0.4) is 0 Å². The Balaban J connectivity index is 2.87. The van der Waals surface area contributed by atoms with E-state index in [0.29, 0.717) is 11.1 Å². The average molecular weight is 209 g/mol. The first-order chi connectivity index (χ1) is 7.04. The molecule has 0 amide bonds. The number of aryl methyl sites for hydroxylation is 1. The van der Waals surface area contributed by atoms with E-state index in [1.54, 1.807) is 25.1 Å². The zero-order valence-electron chi connectivity index (χ0n) is 8.82. The van der Waals surface area contributed by atoms with Gasteiger partial charge in [-0.15, -0.1) is 0 Å². The number of rotatable bonds is 4. The summed E-state index contributed by atoms with van der Waals surface area (Å²) in [5.74, 6) is -0.922. The fourth-order valence-corrected chi connectivity index (χ4v) is 1.32. The standard InChI is InChI=1S/C11H15NO3/c1-7-5-9(12-8(2)6-13)3-4-10(7)11(14)15/h3-5,8,12-13H,6H2,1-2H3,(H,14,15). The lowest BCUT2D eigenvalue weighted by atomic mass is 10.1. The van der Waals surface area contributed by atoms with E-state index in [1.165, 1.54) is 0 Å². The highest BCUT2D eigenvalue weighted by atomic mass is 16.4. The lowest BCUT2D eigenvalue weighted by Crippen LogP contribution is -2.19. The summed E-state index contributed by atoms with van der Waals surface area (Å²) in [5.41, 5.74) is 1.83. The molecule has 0 saturated heterocycles. The zero-order chi connectivity index (χ0) is 11.4. The number of anilines is 1. The van der Waals surface area contributed by atoms with E-state index in [9.17, 15) is 4.79 Å². The summed E-state index contributed by atoms with van der Waals surface area (Å²) in [5, 5.41) is 20.7. The molecule has 1 aromatic rings. The molecule has 1 rings (SSSR count). The van der Waals surface area contributed by atoms with Crippen molar-refractivity contribution in [2.45, 2.75) is 19.9 Å². The predicted molar refractivity (Wildman–Crippen MR) is 58.3 cm³/mol. The lowest BCUT2D eigenvalue weighted by molar-refractivity contribution is 0.0696. The Hall–Kier alpha value is -1.55. The number of aromatic carboxylic acids is 1. The Labute approximate surface area is 88.6 Å². The number of carbonyl (C=O) groups is 1. The average Bonchev–Trinajstić information content (AvgIpc) is 2.17. The maximum absolute atomic E-state index is 10.8. The Morgan fingerprint density at radius 2 is 2.20 bits per heavy atom. The minimum absolute atomic E-state index is 0.0414. The van der Waals surface area contributed by atoms with E-state index in [-0.39, 0.29) is 12.6 Å². The topological polar surface area (TPSA) is 69.6 Å². The van der Waals surface area contributed by atoms with Crippen molar-refractivity contribution in [3.05, 3.63) is 29.3 Å². The molecule has 4 nitrogen and oxygen atoms in total. The van der Waals surface area contributed by atoms with Gasteiger partial charge in [0.05, 0.1) is 12.2 Å². The number of aliphatic hydroxyl groups is 1. The van der Waals surface area contributed by atoms with Crippen molar-refractivity contribution >= 4 is 11.7 Å². The van der Waals surface area contributed by atoms with Gasteiger partial charge in [-0.3, -0.25) is 0 Å². The van der Waals surface area contributed by atoms with Gasteiger partial charge in [-0.1, -0.05) is 0 Å². The van der Waals surface area contributed by atoms with Gasteiger partial charge in [0.2, 0.25) is 0 Å². The van der Waals surface area contributed by atoms with Crippen molar-refractivity contribution in [1.29, 1.82) is 0 Å². The molecule has 15 heavy (non-hydrogen) atoms. The predicted octanol–water partition coefficient (Wildman–Crippen LogP) is 1.49. The molecule has 0 aromatic heterocycles. The van der Waals surface area contributed by atoms with Gasteiger partial charge < -0.3 is 15.5 Å². The van der Waals surface area contributed by atoms with Crippen LogP contribution in [0.25, 0.3) is 0 Å². The number of benzene rings is 1. The molecule has 0 aliphatic carbocycles. The molecule has 0 saturated carbocycles. The van der Waals surface area contributed by atoms with Crippen LogP contribution in [0.4, 0.5) is 5.69 Å². The highest BCUT2D eigenvalue weighted by molar-refractivity contribution is 5.89. The van der Waals surface area contributed by atoms with Gasteiger partial charge >= 0.3 is 5.97 Å². The molecule has 3 N–H and O–H groups in total.